The number of hydrogen-bond acceptors (Lipinski definition) is 5. The van der Waals surface area contributed by atoms with Gasteiger partial charge >= 0.3 is 0 Å². The molecular formula is C22H33N3O3. The van der Waals surface area contributed by atoms with E-state index in [1.807, 2.05) is 17.0 Å². The lowest BCUT2D eigenvalue weighted by molar-refractivity contribution is -0.124. The first-order chi connectivity index (χ1) is 13.5. The van der Waals surface area contributed by atoms with E-state index in [9.17, 15) is 14.7 Å². The number of likely N-dealkylation sites (tertiary alicyclic amines) is 1. The van der Waals surface area contributed by atoms with E-state index in [0.717, 1.165) is 44.6 Å². The maximum absolute atomic E-state index is 12.9. The van der Waals surface area contributed by atoms with Crippen molar-refractivity contribution in [3.63, 3.8) is 0 Å². The smallest absolute Gasteiger partial charge is 0.255 e. The Balaban J connectivity index is 1.59. The van der Waals surface area contributed by atoms with E-state index in [-0.39, 0.29) is 24.2 Å². The number of anilines is 1. The molecule has 154 valence electrons. The molecular weight excluding hydrogens is 354 g/mol. The molecule has 1 atom stereocenters. The Labute approximate surface area is 167 Å². The number of rotatable bonds is 6. The molecule has 2 fully saturated rings. The standard InChI is InChI=1S/C22H33N3O3/c1-16(2)12-20(27)19-4-3-9-25(14-19)22(28)18-5-6-21(23-13-18)24-10-7-17(15-26)8-11-24/h5-6,13,16-17,19,26H,3-4,7-12,14-15H2,1-2H3/t19-/m0/s1. The number of aliphatic hydroxyl groups is 1. The van der Waals surface area contributed by atoms with Gasteiger partial charge in [-0.3, -0.25) is 9.59 Å². The first kappa shape index (κ1) is 20.8. The van der Waals surface area contributed by atoms with Crippen LogP contribution in [0.3, 0.4) is 0 Å². The van der Waals surface area contributed by atoms with E-state index in [1.54, 1.807) is 6.20 Å². The molecule has 3 heterocycles. The summed E-state index contributed by atoms with van der Waals surface area (Å²) in [5.41, 5.74) is 0.589. The second-order valence-corrected chi connectivity index (χ2v) is 8.67. The summed E-state index contributed by atoms with van der Waals surface area (Å²) in [5, 5.41) is 9.27. The fourth-order valence-corrected chi connectivity index (χ4v) is 4.22. The molecule has 2 saturated heterocycles. The van der Waals surface area contributed by atoms with Gasteiger partial charge in [0.05, 0.1) is 5.56 Å². The fourth-order valence-electron chi connectivity index (χ4n) is 4.22. The molecule has 3 rings (SSSR count). The van der Waals surface area contributed by atoms with E-state index in [0.29, 0.717) is 36.9 Å². The minimum atomic E-state index is -0.0277. The van der Waals surface area contributed by atoms with Gasteiger partial charge in [-0.05, 0) is 49.7 Å². The third-order valence-electron chi connectivity index (χ3n) is 5.96. The van der Waals surface area contributed by atoms with Crippen LogP contribution in [0.1, 0.15) is 56.3 Å². The molecule has 1 amide bonds. The number of nitrogens with zero attached hydrogens (tertiary/aromatic N) is 3. The van der Waals surface area contributed by atoms with Crippen molar-refractivity contribution < 1.29 is 14.7 Å². The average Bonchev–Trinajstić information content (AvgIpc) is 2.73. The van der Waals surface area contributed by atoms with Gasteiger partial charge in [-0.25, -0.2) is 4.98 Å². The lowest BCUT2D eigenvalue weighted by atomic mass is 9.89. The SMILES string of the molecule is CC(C)CC(=O)[C@H]1CCCN(C(=O)c2ccc(N3CCC(CO)CC3)nc2)C1. The molecule has 0 aromatic carbocycles. The van der Waals surface area contributed by atoms with Gasteiger partial charge in [0.15, 0.2) is 0 Å². The van der Waals surface area contributed by atoms with E-state index in [1.165, 1.54) is 0 Å². The fraction of sp³-hybridized carbons (Fsp3) is 0.682. The highest BCUT2D eigenvalue weighted by Crippen LogP contribution is 2.24. The minimum absolute atomic E-state index is 0.0276. The maximum Gasteiger partial charge on any atom is 0.255 e. The largest absolute Gasteiger partial charge is 0.396 e. The summed E-state index contributed by atoms with van der Waals surface area (Å²) < 4.78 is 0. The summed E-state index contributed by atoms with van der Waals surface area (Å²) in [4.78, 5) is 33.8. The summed E-state index contributed by atoms with van der Waals surface area (Å²) >= 11 is 0. The third kappa shape index (κ3) is 5.10. The van der Waals surface area contributed by atoms with Gasteiger partial charge in [0.25, 0.3) is 5.91 Å². The molecule has 6 heteroatoms. The second-order valence-electron chi connectivity index (χ2n) is 8.67. The van der Waals surface area contributed by atoms with Crippen molar-refractivity contribution in [2.75, 3.05) is 37.7 Å². The van der Waals surface area contributed by atoms with E-state index >= 15 is 0 Å². The number of hydrogen-bond donors (Lipinski definition) is 1. The molecule has 1 aromatic heterocycles. The quantitative estimate of drug-likeness (QED) is 0.812. The Morgan fingerprint density at radius 3 is 2.54 bits per heavy atom. The van der Waals surface area contributed by atoms with Crippen LogP contribution in [0.2, 0.25) is 0 Å². The lowest BCUT2D eigenvalue weighted by Gasteiger charge is -2.33. The van der Waals surface area contributed by atoms with Crippen LogP contribution in [0.4, 0.5) is 5.82 Å². The van der Waals surface area contributed by atoms with Crippen LogP contribution in [0.5, 0.6) is 0 Å². The molecule has 1 N–H and O–H groups in total. The Kier molecular flexibility index (Phi) is 7.05. The molecule has 0 saturated carbocycles. The number of carbonyl (C=O) groups is 2. The number of ketones is 1. The van der Waals surface area contributed by atoms with Crippen molar-refractivity contribution >= 4 is 17.5 Å². The molecule has 2 aliphatic heterocycles. The number of carbonyl (C=O) groups excluding carboxylic acids is 2. The second kappa shape index (κ2) is 9.50. The zero-order valence-electron chi connectivity index (χ0n) is 17.1. The molecule has 6 nitrogen and oxygen atoms in total. The lowest BCUT2D eigenvalue weighted by Crippen LogP contribution is -2.42. The monoisotopic (exact) mass is 387 g/mol. The van der Waals surface area contributed by atoms with Gasteiger partial charge in [0, 0.05) is 51.3 Å². The highest BCUT2D eigenvalue weighted by Gasteiger charge is 2.29. The first-order valence-corrected chi connectivity index (χ1v) is 10.6. The zero-order valence-corrected chi connectivity index (χ0v) is 17.1. The molecule has 0 spiro atoms. The van der Waals surface area contributed by atoms with Crippen molar-refractivity contribution in [1.29, 1.82) is 0 Å². The molecule has 0 radical (unpaired) electrons. The predicted octanol–water partition coefficient (Wildman–Crippen LogP) is 2.76. The zero-order chi connectivity index (χ0) is 20.1. The Morgan fingerprint density at radius 1 is 1.18 bits per heavy atom. The van der Waals surface area contributed by atoms with Crippen molar-refractivity contribution in [1.82, 2.24) is 9.88 Å². The van der Waals surface area contributed by atoms with Crippen molar-refractivity contribution in [3.8, 4) is 0 Å². The minimum Gasteiger partial charge on any atom is -0.396 e. The van der Waals surface area contributed by atoms with E-state index < -0.39 is 0 Å². The van der Waals surface area contributed by atoms with Gasteiger partial charge in [-0.15, -0.1) is 0 Å². The highest BCUT2D eigenvalue weighted by atomic mass is 16.3. The predicted molar refractivity (Wildman–Crippen MR) is 109 cm³/mol. The van der Waals surface area contributed by atoms with Gasteiger partial charge in [-0.1, -0.05) is 13.8 Å². The van der Waals surface area contributed by atoms with E-state index in [2.05, 4.69) is 23.7 Å². The van der Waals surface area contributed by atoms with Crippen LogP contribution < -0.4 is 4.90 Å². The maximum atomic E-state index is 12.9. The molecule has 1 aromatic rings. The highest BCUT2D eigenvalue weighted by molar-refractivity contribution is 5.94. The summed E-state index contributed by atoms with van der Waals surface area (Å²) in [6.45, 7) is 7.38. The molecule has 0 bridgehead atoms. The van der Waals surface area contributed by atoms with Crippen LogP contribution in [0.25, 0.3) is 0 Å². The van der Waals surface area contributed by atoms with Gasteiger partial charge < -0.3 is 14.9 Å². The summed E-state index contributed by atoms with van der Waals surface area (Å²) in [7, 11) is 0. The van der Waals surface area contributed by atoms with Crippen LogP contribution >= 0.6 is 0 Å². The summed E-state index contributed by atoms with van der Waals surface area (Å²) in [6, 6.07) is 3.76. The van der Waals surface area contributed by atoms with Crippen LogP contribution in [0.15, 0.2) is 18.3 Å². The molecule has 0 aliphatic carbocycles. The van der Waals surface area contributed by atoms with E-state index in [4.69, 9.17) is 0 Å². The molecule has 0 unspecified atom stereocenters. The Bertz CT molecular complexity index is 666. The number of aliphatic hydroxyl groups excluding tert-OH is 1. The van der Waals surface area contributed by atoms with Crippen LogP contribution in [0, 0.1) is 17.8 Å². The molecule has 28 heavy (non-hydrogen) atoms. The summed E-state index contributed by atoms with van der Waals surface area (Å²) in [6.07, 6.45) is 5.96. The summed E-state index contributed by atoms with van der Waals surface area (Å²) in [5.74, 6) is 1.87. The van der Waals surface area contributed by atoms with Crippen molar-refractivity contribution in [3.05, 3.63) is 23.9 Å². The first-order valence-electron chi connectivity index (χ1n) is 10.6. The number of piperidine rings is 2. The van der Waals surface area contributed by atoms with Gasteiger partial charge in [0.2, 0.25) is 0 Å². The number of pyridine rings is 1. The number of aromatic nitrogens is 1. The topological polar surface area (TPSA) is 73.7 Å². The van der Waals surface area contributed by atoms with Crippen molar-refractivity contribution in [2.24, 2.45) is 17.8 Å². The third-order valence-corrected chi connectivity index (χ3v) is 5.96. The average molecular weight is 388 g/mol. The van der Waals surface area contributed by atoms with Crippen LogP contribution in [-0.4, -0.2) is 59.5 Å². The Morgan fingerprint density at radius 2 is 1.93 bits per heavy atom. The molecule has 2 aliphatic rings. The van der Waals surface area contributed by atoms with Gasteiger partial charge in [0.1, 0.15) is 11.6 Å². The normalized spacial score (nSPS) is 21.2. The van der Waals surface area contributed by atoms with Gasteiger partial charge in [-0.2, -0.15) is 0 Å². The van der Waals surface area contributed by atoms with Crippen molar-refractivity contribution in [2.45, 2.75) is 46.0 Å². The van der Waals surface area contributed by atoms with Crippen LogP contribution in [-0.2, 0) is 4.79 Å². The number of amides is 1. The number of Topliss-reactive ketones (excluding diaryl/α,β-unsaturated/α-hetero) is 1. The Hall–Kier alpha value is -1.95.